The summed E-state index contributed by atoms with van der Waals surface area (Å²) in [5.41, 5.74) is 2.69. The minimum Gasteiger partial charge on any atom is -0.372 e. The fourth-order valence-corrected chi connectivity index (χ4v) is 1.90. The van der Waals surface area contributed by atoms with Gasteiger partial charge in [0.05, 0.1) is 0 Å². The van der Waals surface area contributed by atoms with E-state index in [-0.39, 0.29) is 0 Å². The summed E-state index contributed by atoms with van der Waals surface area (Å²) in [6, 6.07) is 8.76. The van der Waals surface area contributed by atoms with Gasteiger partial charge in [0.15, 0.2) is 0 Å². The zero-order chi connectivity index (χ0) is 11.8. The molecule has 1 rings (SSSR count). The molecule has 0 aromatic heterocycles. The maximum atomic E-state index is 3.19. The number of unbranched alkanes of at least 4 members (excludes halogenated alkanes) is 1. The van der Waals surface area contributed by atoms with E-state index in [0.717, 1.165) is 19.6 Å². The van der Waals surface area contributed by atoms with E-state index >= 15 is 0 Å². The fraction of sp³-hybridized carbons (Fsp3) is 0.571. The number of hydrogen-bond acceptors (Lipinski definition) is 2. The molecule has 2 heteroatoms. The van der Waals surface area contributed by atoms with Crippen molar-refractivity contribution in [3.63, 3.8) is 0 Å². The topological polar surface area (TPSA) is 15.3 Å². The van der Waals surface area contributed by atoms with Crippen LogP contribution in [-0.4, -0.2) is 26.7 Å². The highest BCUT2D eigenvalue weighted by molar-refractivity contribution is 5.48. The molecule has 16 heavy (non-hydrogen) atoms. The van der Waals surface area contributed by atoms with E-state index in [1.165, 1.54) is 24.1 Å². The van der Waals surface area contributed by atoms with Gasteiger partial charge in [0.2, 0.25) is 0 Å². The Morgan fingerprint density at radius 1 is 1.25 bits per heavy atom. The van der Waals surface area contributed by atoms with E-state index in [0.29, 0.717) is 0 Å². The Balaban J connectivity index is 2.47. The molecular formula is C14H24N2. The normalized spacial score (nSPS) is 10.4. The number of anilines is 1. The first-order valence-electron chi connectivity index (χ1n) is 6.24. The monoisotopic (exact) mass is 220 g/mol. The smallest absolute Gasteiger partial charge is 0.0368 e. The maximum Gasteiger partial charge on any atom is 0.0368 e. The lowest BCUT2D eigenvalue weighted by molar-refractivity contribution is 0.658. The summed E-state index contributed by atoms with van der Waals surface area (Å²) in [5.74, 6) is 0. The van der Waals surface area contributed by atoms with Crippen molar-refractivity contribution < 1.29 is 0 Å². The van der Waals surface area contributed by atoms with Gasteiger partial charge < -0.3 is 10.2 Å². The third kappa shape index (κ3) is 4.23. The van der Waals surface area contributed by atoms with E-state index in [1.807, 2.05) is 7.05 Å². The quantitative estimate of drug-likeness (QED) is 0.711. The SMILES string of the molecule is CCN(CCCCNC)c1cccc(C)c1. The molecule has 0 atom stereocenters. The molecule has 0 aliphatic heterocycles. The average molecular weight is 220 g/mol. The van der Waals surface area contributed by atoms with Crippen LogP contribution in [0.4, 0.5) is 5.69 Å². The van der Waals surface area contributed by atoms with Crippen LogP contribution in [-0.2, 0) is 0 Å². The number of rotatable bonds is 7. The van der Waals surface area contributed by atoms with Gasteiger partial charge in [0.1, 0.15) is 0 Å². The summed E-state index contributed by atoms with van der Waals surface area (Å²) in [4.78, 5) is 2.45. The van der Waals surface area contributed by atoms with Gasteiger partial charge in [-0.15, -0.1) is 0 Å². The summed E-state index contributed by atoms with van der Waals surface area (Å²) in [6.45, 7) is 7.73. The fourth-order valence-electron chi connectivity index (χ4n) is 1.90. The summed E-state index contributed by atoms with van der Waals surface area (Å²) in [6.07, 6.45) is 2.50. The molecular weight excluding hydrogens is 196 g/mol. The molecule has 1 aromatic rings. The Morgan fingerprint density at radius 2 is 2.06 bits per heavy atom. The molecule has 1 aromatic carbocycles. The first-order valence-corrected chi connectivity index (χ1v) is 6.24. The van der Waals surface area contributed by atoms with Crippen LogP contribution in [0.3, 0.4) is 0 Å². The van der Waals surface area contributed by atoms with Gasteiger partial charge in [0, 0.05) is 18.8 Å². The second-order valence-corrected chi connectivity index (χ2v) is 4.23. The number of benzene rings is 1. The average Bonchev–Trinajstić information content (AvgIpc) is 2.29. The van der Waals surface area contributed by atoms with Crippen LogP contribution in [0.2, 0.25) is 0 Å². The Morgan fingerprint density at radius 3 is 2.69 bits per heavy atom. The molecule has 0 saturated heterocycles. The second-order valence-electron chi connectivity index (χ2n) is 4.23. The first kappa shape index (κ1) is 13.0. The van der Waals surface area contributed by atoms with E-state index in [1.54, 1.807) is 0 Å². The minimum atomic E-state index is 1.09. The van der Waals surface area contributed by atoms with Gasteiger partial charge in [-0.3, -0.25) is 0 Å². The highest BCUT2D eigenvalue weighted by atomic mass is 15.1. The molecule has 90 valence electrons. The zero-order valence-corrected chi connectivity index (χ0v) is 10.8. The van der Waals surface area contributed by atoms with Crippen molar-refractivity contribution in [3.05, 3.63) is 29.8 Å². The summed E-state index contributed by atoms with van der Waals surface area (Å²) in [7, 11) is 2.01. The molecule has 0 fully saturated rings. The predicted molar refractivity (Wildman–Crippen MR) is 72.2 cm³/mol. The van der Waals surface area contributed by atoms with Crippen molar-refractivity contribution in [2.24, 2.45) is 0 Å². The molecule has 0 aliphatic rings. The molecule has 2 nitrogen and oxygen atoms in total. The van der Waals surface area contributed by atoms with Crippen molar-refractivity contribution in [3.8, 4) is 0 Å². The zero-order valence-electron chi connectivity index (χ0n) is 10.8. The van der Waals surface area contributed by atoms with Crippen LogP contribution >= 0.6 is 0 Å². The van der Waals surface area contributed by atoms with Gasteiger partial charge in [-0.1, -0.05) is 12.1 Å². The van der Waals surface area contributed by atoms with Crippen LogP contribution < -0.4 is 10.2 Å². The number of nitrogens with zero attached hydrogens (tertiary/aromatic N) is 1. The Labute approximate surface area is 99.7 Å². The van der Waals surface area contributed by atoms with E-state index in [4.69, 9.17) is 0 Å². The highest BCUT2D eigenvalue weighted by Crippen LogP contribution is 2.16. The molecule has 0 spiro atoms. The highest BCUT2D eigenvalue weighted by Gasteiger charge is 2.03. The molecule has 0 bridgehead atoms. The molecule has 0 aliphatic carbocycles. The van der Waals surface area contributed by atoms with Crippen LogP contribution in [0.1, 0.15) is 25.3 Å². The van der Waals surface area contributed by atoms with Gasteiger partial charge in [0.25, 0.3) is 0 Å². The maximum absolute atomic E-state index is 3.19. The van der Waals surface area contributed by atoms with Crippen molar-refractivity contribution in [1.29, 1.82) is 0 Å². The molecule has 0 radical (unpaired) electrons. The summed E-state index contributed by atoms with van der Waals surface area (Å²) >= 11 is 0. The lowest BCUT2D eigenvalue weighted by Gasteiger charge is -2.23. The minimum absolute atomic E-state index is 1.09. The van der Waals surface area contributed by atoms with Crippen LogP contribution in [0.5, 0.6) is 0 Å². The van der Waals surface area contributed by atoms with E-state index < -0.39 is 0 Å². The van der Waals surface area contributed by atoms with Crippen molar-refractivity contribution >= 4 is 5.69 Å². The van der Waals surface area contributed by atoms with Gasteiger partial charge >= 0.3 is 0 Å². The van der Waals surface area contributed by atoms with Crippen molar-refractivity contribution in [1.82, 2.24) is 5.32 Å². The lowest BCUT2D eigenvalue weighted by Crippen LogP contribution is -2.24. The van der Waals surface area contributed by atoms with Gasteiger partial charge in [-0.25, -0.2) is 0 Å². The molecule has 1 N–H and O–H groups in total. The Bertz CT molecular complexity index is 297. The number of nitrogens with one attached hydrogen (secondary N) is 1. The Kier molecular flexibility index (Phi) is 5.94. The van der Waals surface area contributed by atoms with Crippen LogP contribution in [0.15, 0.2) is 24.3 Å². The number of hydrogen-bond donors (Lipinski definition) is 1. The van der Waals surface area contributed by atoms with Crippen molar-refractivity contribution in [2.45, 2.75) is 26.7 Å². The third-order valence-corrected chi connectivity index (χ3v) is 2.85. The van der Waals surface area contributed by atoms with Gasteiger partial charge in [-0.05, 0) is 58.0 Å². The predicted octanol–water partition coefficient (Wildman–Crippen LogP) is 2.82. The second kappa shape index (κ2) is 7.29. The summed E-state index contributed by atoms with van der Waals surface area (Å²) < 4.78 is 0. The molecule has 0 heterocycles. The van der Waals surface area contributed by atoms with Crippen LogP contribution in [0.25, 0.3) is 0 Å². The molecule has 0 amide bonds. The Hall–Kier alpha value is -1.02. The standard InChI is InChI=1S/C14H24N2/c1-4-16(11-6-5-10-15-3)14-9-7-8-13(2)12-14/h7-9,12,15H,4-6,10-11H2,1-3H3. The van der Waals surface area contributed by atoms with Crippen molar-refractivity contribution in [2.75, 3.05) is 31.6 Å². The van der Waals surface area contributed by atoms with Gasteiger partial charge in [-0.2, -0.15) is 0 Å². The molecule has 0 unspecified atom stereocenters. The van der Waals surface area contributed by atoms with E-state index in [9.17, 15) is 0 Å². The molecule has 0 saturated carbocycles. The third-order valence-electron chi connectivity index (χ3n) is 2.85. The lowest BCUT2D eigenvalue weighted by atomic mass is 10.2. The number of aryl methyl sites for hydroxylation is 1. The summed E-state index contributed by atoms with van der Waals surface area (Å²) in [5, 5.41) is 3.19. The first-order chi connectivity index (χ1) is 7.77. The largest absolute Gasteiger partial charge is 0.372 e. The van der Waals surface area contributed by atoms with E-state index in [2.05, 4.69) is 48.3 Å². The van der Waals surface area contributed by atoms with Crippen LogP contribution in [0, 0.1) is 6.92 Å².